The largest absolute Gasteiger partial charge is 0.326 e. The molecule has 19 heavy (non-hydrogen) atoms. The molecule has 106 valence electrons. The van der Waals surface area contributed by atoms with Crippen molar-refractivity contribution < 1.29 is 8.42 Å². The van der Waals surface area contributed by atoms with E-state index in [4.69, 9.17) is 5.73 Å². The Bertz CT molecular complexity index is 543. The van der Waals surface area contributed by atoms with E-state index in [-0.39, 0.29) is 6.04 Å². The van der Waals surface area contributed by atoms with Crippen molar-refractivity contribution in [1.82, 2.24) is 9.21 Å². The van der Waals surface area contributed by atoms with Gasteiger partial charge in [-0.05, 0) is 24.1 Å². The van der Waals surface area contributed by atoms with Crippen LogP contribution in [-0.4, -0.2) is 50.8 Å². The highest BCUT2D eigenvalue weighted by Crippen LogP contribution is 2.17. The van der Waals surface area contributed by atoms with E-state index in [2.05, 4.69) is 4.90 Å². The first-order valence-electron chi connectivity index (χ1n) is 6.39. The second-order valence-electron chi connectivity index (χ2n) is 5.22. The Morgan fingerprint density at radius 1 is 1.42 bits per heavy atom. The van der Waals surface area contributed by atoms with Gasteiger partial charge < -0.3 is 5.73 Å². The lowest BCUT2D eigenvalue weighted by molar-refractivity contribution is 0.326. The summed E-state index contributed by atoms with van der Waals surface area (Å²) in [5.74, 6) is 0. The summed E-state index contributed by atoms with van der Waals surface area (Å²) >= 11 is 0. The molecule has 0 spiro atoms. The summed E-state index contributed by atoms with van der Waals surface area (Å²) in [4.78, 5) is 2.60. The van der Waals surface area contributed by atoms with E-state index in [1.807, 2.05) is 6.07 Å². The zero-order valence-electron chi connectivity index (χ0n) is 11.4. The van der Waals surface area contributed by atoms with Crippen LogP contribution in [0, 0.1) is 0 Å². The molecule has 0 bridgehead atoms. The number of hydrogen-bond acceptors (Lipinski definition) is 4. The van der Waals surface area contributed by atoms with Crippen LogP contribution >= 0.6 is 0 Å². The lowest BCUT2D eigenvalue weighted by Gasteiger charge is -2.16. The first-order valence-corrected chi connectivity index (χ1v) is 7.83. The number of nitrogens with two attached hydrogens (primary N) is 1. The molecule has 1 aromatic carbocycles. The normalized spacial score (nSPS) is 21.2. The molecule has 2 rings (SSSR count). The van der Waals surface area contributed by atoms with Gasteiger partial charge in [0.05, 0.1) is 4.90 Å². The van der Waals surface area contributed by atoms with Gasteiger partial charge in [0.25, 0.3) is 0 Å². The highest BCUT2D eigenvalue weighted by Gasteiger charge is 2.20. The molecule has 0 amide bonds. The molecule has 2 N–H and O–H groups in total. The fraction of sp³-hybridized carbons (Fsp3) is 0.538. The van der Waals surface area contributed by atoms with Crippen molar-refractivity contribution >= 4 is 10.0 Å². The number of benzene rings is 1. The maximum absolute atomic E-state index is 12.1. The summed E-state index contributed by atoms with van der Waals surface area (Å²) in [6, 6.07) is 7.38. The van der Waals surface area contributed by atoms with Crippen molar-refractivity contribution in [3.05, 3.63) is 29.8 Å². The van der Waals surface area contributed by atoms with Crippen LogP contribution in [0.1, 0.15) is 12.0 Å². The number of sulfonamides is 1. The second kappa shape index (κ2) is 5.58. The average molecular weight is 283 g/mol. The van der Waals surface area contributed by atoms with Gasteiger partial charge in [-0.25, -0.2) is 12.7 Å². The van der Waals surface area contributed by atoms with Crippen LogP contribution in [0.3, 0.4) is 0 Å². The molecule has 0 saturated carbocycles. The van der Waals surface area contributed by atoms with Crippen LogP contribution in [0.5, 0.6) is 0 Å². The van der Waals surface area contributed by atoms with Crippen LogP contribution in [-0.2, 0) is 16.6 Å². The van der Waals surface area contributed by atoms with E-state index in [9.17, 15) is 8.42 Å². The maximum Gasteiger partial charge on any atom is 0.242 e. The highest BCUT2D eigenvalue weighted by atomic mass is 32.2. The molecule has 1 atom stereocenters. The molecule has 1 aliphatic rings. The molecular formula is C13H21N3O2S. The van der Waals surface area contributed by atoms with Crippen LogP contribution in [0.2, 0.25) is 0 Å². The quantitative estimate of drug-likeness (QED) is 0.872. The Kier molecular flexibility index (Phi) is 4.25. The van der Waals surface area contributed by atoms with Crippen LogP contribution in [0.15, 0.2) is 29.2 Å². The molecule has 0 aliphatic carbocycles. The molecule has 1 fully saturated rings. The summed E-state index contributed by atoms with van der Waals surface area (Å²) in [5, 5.41) is 0. The van der Waals surface area contributed by atoms with Crippen LogP contribution in [0.4, 0.5) is 0 Å². The third kappa shape index (κ3) is 3.33. The fourth-order valence-electron chi connectivity index (χ4n) is 2.28. The number of rotatable bonds is 4. The monoisotopic (exact) mass is 283 g/mol. The summed E-state index contributed by atoms with van der Waals surface area (Å²) in [5.41, 5.74) is 6.88. The Balaban J connectivity index is 2.16. The zero-order chi connectivity index (χ0) is 14.0. The predicted molar refractivity (Wildman–Crippen MR) is 75.2 cm³/mol. The van der Waals surface area contributed by atoms with E-state index in [1.165, 1.54) is 4.31 Å². The minimum absolute atomic E-state index is 0.244. The van der Waals surface area contributed by atoms with Gasteiger partial charge in [0, 0.05) is 39.8 Å². The SMILES string of the molecule is CN(C)S(=O)(=O)c1cccc(CN2CC[C@H](N)C2)c1. The summed E-state index contributed by atoms with van der Waals surface area (Å²) in [6.07, 6.45) is 1.01. The Labute approximate surface area is 115 Å². The van der Waals surface area contributed by atoms with Crippen molar-refractivity contribution in [3.63, 3.8) is 0 Å². The topological polar surface area (TPSA) is 66.6 Å². The van der Waals surface area contributed by atoms with Crippen LogP contribution in [0.25, 0.3) is 0 Å². The summed E-state index contributed by atoms with van der Waals surface area (Å²) in [7, 11) is -0.267. The van der Waals surface area contributed by atoms with E-state index in [1.54, 1.807) is 32.3 Å². The molecule has 0 aromatic heterocycles. The van der Waals surface area contributed by atoms with Crippen molar-refractivity contribution in [2.75, 3.05) is 27.2 Å². The van der Waals surface area contributed by atoms with Gasteiger partial charge in [-0.15, -0.1) is 0 Å². The third-order valence-electron chi connectivity index (χ3n) is 3.39. The van der Waals surface area contributed by atoms with Gasteiger partial charge in [0.1, 0.15) is 0 Å². The van der Waals surface area contributed by atoms with E-state index < -0.39 is 10.0 Å². The predicted octanol–water partition coefficient (Wildman–Crippen LogP) is 0.470. The average Bonchev–Trinajstić information content (AvgIpc) is 2.75. The van der Waals surface area contributed by atoms with Crippen molar-refractivity contribution in [2.45, 2.75) is 23.9 Å². The first kappa shape index (κ1) is 14.5. The molecule has 1 aliphatic heterocycles. The minimum atomic E-state index is -3.35. The second-order valence-corrected chi connectivity index (χ2v) is 7.37. The Morgan fingerprint density at radius 2 is 2.16 bits per heavy atom. The highest BCUT2D eigenvalue weighted by molar-refractivity contribution is 7.89. The lowest BCUT2D eigenvalue weighted by atomic mass is 10.2. The molecule has 6 heteroatoms. The van der Waals surface area contributed by atoms with Crippen LogP contribution < -0.4 is 5.73 Å². The molecule has 0 radical (unpaired) electrons. The van der Waals surface area contributed by atoms with Gasteiger partial charge in [0.2, 0.25) is 10.0 Å². The number of likely N-dealkylation sites (tertiary alicyclic amines) is 1. The van der Waals surface area contributed by atoms with Crippen molar-refractivity contribution in [1.29, 1.82) is 0 Å². The molecule has 1 aromatic rings. The van der Waals surface area contributed by atoms with Gasteiger partial charge in [-0.2, -0.15) is 0 Å². The Morgan fingerprint density at radius 3 is 2.74 bits per heavy atom. The summed E-state index contributed by atoms with van der Waals surface area (Å²) < 4.78 is 25.4. The number of hydrogen-bond donors (Lipinski definition) is 1. The smallest absolute Gasteiger partial charge is 0.242 e. The third-order valence-corrected chi connectivity index (χ3v) is 5.20. The molecule has 1 heterocycles. The fourth-order valence-corrected chi connectivity index (χ4v) is 3.25. The molecule has 0 unspecified atom stereocenters. The lowest BCUT2D eigenvalue weighted by Crippen LogP contribution is -2.26. The number of nitrogens with zero attached hydrogens (tertiary/aromatic N) is 2. The zero-order valence-corrected chi connectivity index (χ0v) is 12.2. The molecular weight excluding hydrogens is 262 g/mol. The van der Waals surface area contributed by atoms with Crippen molar-refractivity contribution in [2.24, 2.45) is 5.73 Å². The minimum Gasteiger partial charge on any atom is -0.326 e. The first-order chi connectivity index (χ1) is 8.89. The van der Waals surface area contributed by atoms with Gasteiger partial charge in [-0.3, -0.25) is 4.90 Å². The molecule has 1 saturated heterocycles. The van der Waals surface area contributed by atoms with E-state index >= 15 is 0 Å². The standard InChI is InChI=1S/C13H21N3O2S/c1-15(2)19(17,18)13-5-3-4-11(8-13)9-16-7-6-12(14)10-16/h3-5,8,12H,6-7,9-10,14H2,1-2H3/t12-/m0/s1. The maximum atomic E-state index is 12.1. The van der Waals surface area contributed by atoms with Crippen molar-refractivity contribution in [3.8, 4) is 0 Å². The van der Waals surface area contributed by atoms with Gasteiger partial charge in [0.15, 0.2) is 0 Å². The van der Waals surface area contributed by atoms with E-state index in [0.29, 0.717) is 4.90 Å². The molecule has 5 nitrogen and oxygen atoms in total. The van der Waals surface area contributed by atoms with E-state index in [0.717, 1.165) is 31.6 Å². The van der Waals surface area contributed by atoms with Gasteiger partial charge in [-0.1, -0.05) is 12.1 Å². The summed E-state index contributed by atoms with van der Waals surface area (Å²) in [6.45, 7) is 2.61. The Hall–Kier alpha value is -0.950. The van der Waals surface area contributed by atoms with Gasteiger partial charge >= 0.3 is 0 Å².